The van der Waals surface area contributed by atoms with Gasteiger partial charge in [-0.1, -0.05) is 36.9 Å². The van der Waals surface area contributed by atoms with Gasteiger partial charge in [-0.05, 0) is 35.4 Å². The van der Waals surface area contributed by atoms with Crippen molar-refractivity contribution in [1.82, 2.24) is 0 Å². The average Bonchev–Trinajstić information content (AvgIpc) is 2.40. The minimum absolute atomic E-state index is 0.443. The van der Waals surface area contributed by atoms with Crippen molar-refractivity contribution in [3.8, 4) is 11.5 Å². The van der Waals surface area contributed by atoms with E-state index in [1.54, 1.807) is 0 Å². The van der Waals surface area contributed by atoms with Gasteiger partial charge in [0.15, 0.2) is 0 Å². The van der Waals surface area contributed by atoms with Gasteiger partial charge in [-0.2, -0.15) is 0 Å². The van der Waals surface area contributed by atoms with Crippen LogP contribution in [0.5, 0.6) is 11.5 Å². The molecule has 0 spiro atoms. The lowest BCUT2D eigenvalue weighted by atomic mass is 10.1. The zero-order valence-corrected chi connectivity index (χ0v) is 10.2. The van der Waals surface area contributed by atoms with E-state index < -0.39 is 0 Å². The number of allylic oxidation sites excluding steroid dienone is 1. The summed E-state index contributed by atoms with van der Waals surface area (Å²) in [6, 6.07) is 17.4. The molecule has 2 aromatic rings. The number of halogens is 1. The van der Waals surface area contributed by atoms with Crippen molar-refractivity contribution in [2.45, 2.75) is 0 Å². The third-order valence-electron chi connectivity index (χ3n) is 2.40. The summed E-state index contributed by atoms with van der Waals surface area (Å²) in [7, 11) is 0. The van der Waals surface area contributed by atoms with E-state index in [1.807, 2.05) is 54.6 Å². The van der Waals surface area contributed by atoms with Crippen LogP contribution in [0.1, 0.15) is 5.56 Å². The molecule has 0 amide bonds. The Hall–Kier alpha value is -1.73. The molecule has 0 aliphatic heterocycles. The van der Waals surface area contributed by atoms with Gasteiger partial charge >= 0.3 is 0 Å². The van der Waals surface area contributed by atoms with Crippen LogP contribution in [0.15, 0.2) is 61.2 Å². The highest BCUT2D eigenvalue weighted by Crippen LogP contribution is 2.23. The lowest BCUT2D eigenvalue weighted by Crippen LogP contribution is -1.86. The summed E-state index contributed by atoms with van der Waals surface area (Å²) in [6.45, 7) is 3.88. The minimum Gasteiger partial charge on any atom is -0.457 e. The molecule has 0 atom stereocenters. The van der Waals surface area contributed by atoms with Crippen LogP contribution in [0.2, 0.25) is 0 Å². The van der Waals surface area contributed by atoms with Crippen LogP contribution in [0.4, 0.5) is 0 Å². The van der Waals surface area contributed by atoms with E-state index in [1.165, 1.54) is 0 Å². The van der Waals surface area contributed by atoms with Gasteiger partial charge in [0.05, 0.1) is 0 Å². The van der Waals surface area contributed by atoms with E-state index in [-0.39, 0.29) is 0 Å². The van der Waals surface area contributed by atoms with Crippen molar-refractivity contribution in [2.75, 3.05) is 5.88 Å². The normalized spacial score (nSPS) is 9.94. The second-order valence-electron chi connectivity index (χ2n) is 3.68. The van der Waals surface area contributed by atoms with Gasteiger partial charge in [0, 0.05) is 5.88 Å². The van der Waals surface area contributed by atoms with Gasteiger partial charge in [0.25, 0.3) is 0 Å². The smallest absolute Gasteiger partial charge is 0.127 e. The summed E-state index contributed by atoms with van der Waals surface area (Å²) >= 11 is 5.73. The molecule has 0 unspecified atom stereocenters. The SMILES string of the molecule is C=C(CCl)c1ccc(Oc2ccccc2)cc1. The third kappa shape index (κ3) is 3.11. The molecule has 2 rings (SSSR count). The third-order valence-corrected chi connectivity index (χ3v) is 2.73. The molecule has 0 radical (unpaired) electrons. The quantitative estimate of drug-likeness (QED) is 0.707. The van der Waals surface area contributed by atoms with Gasteiger partial charge < -0.3 is 4.74 Å². The first-order valence-corrected chi connectivity index (χ1v) is 5.90. The van der Waals surface area contributed by atoms with E-state index in [4.69, 9.17) is 16.3 Å². The van der Waals surface area contributed by atoms with E-state index in [0.717, 1.165) is 22.6 Å². The molecule has 0 fully saturated rings. The molecule has 0 saturated carbocycles. The largest absolute Gasteiger partial charge is 0.457 e. The van der Waals surface area contributed by atoms with Gasteiger partial charge in [-0.3, -0.25) is 0 Å². The van der Waals surface area contributed by atoms with Crippen LogP contribution in [-0.4, -0.2) is 5.88 Å². The topological polar surface area (TPSA) is 9.23 Å². The second kappa shape index (κ2) is 5.55. The molecule has 1 nitrogen and oxygen atoms in total. The van der Waals surface area contributed by atoms with Crippen LogP contribution >= 0.6 is 11.6 Å². The Morgan fingerprint density at radius 1 is 0.941 bits per heavy atom. The summed E-state index contributed by atoms with van der Waals surface area (Å²) in [5, 5.41) is 0. The maximum atomic E-state index is 5.73. The summed E-state index contributed by atoms with van der Waals surface area (Å²) in [4.78, 5) is 0. The molecule has 0 N–H and O–H groups in total. The molecule has 2 aromatic carbocycles. The van der Waals surface area contributed by atoms with Gasteiger partial charge in [-0.25, -0.2) is 0 Å². The first-order valence-electron chi connectivity index (χ1n) is 5.36. The Morgan fingerprint density at radius 3 is 2.12 bits per heavy atom. The number of benzene rings is 2. The van der Waals surface area contributed by atoms with Gasteiger partial charge in [-0.15, -0.1) is 11.6 Å². The summed E-state index contributed by atoms with van der Waals surface area (Å²) in [5.41, 5.74) is 1.96. The Balaban J connectivity index is 2.11. The fraction of sp³-hybridized carbons (Fsp3) is 0.0667. The molecular formula is C15H13ClO. The zero-order valence-electron chi connectivity index (χ0n) is 9.40. The average molecular weight is 245 g/mol. The Labute approximate surface area is 106 Å². The predicted molar refractivity (Wildman–Crippen MR) is 72.7 cm³/mol. The number of hydrogen-bond acceptors (Lipinski definition) is 1. The monoisotopic (exact) mass is 244 g/mol. The van der Waals surface area contributed by atoms with Crippen molar-refractivity contribution in [1.29, 1.82) is 0 Å². The molecule has 17 heavy (non-hydrogen) atoms. The standard InChI is InChI=1S/C15H13ClO/c1-12(11-16)13-7-9-15(10-8-13)17-14-5-3-2-4-6-14/h2-10H,1,11H2. The lowest BCUT2D eigenvalue weighted by molar-refractivity contribution is 0.482. The summed E-state index contributed by atoms with van der Waals surface area (Å²) < 4.78 is 5.68. The zero-order chi connectivity index (χ0) is 12.1. The van der Waals surface area contributed by atoms with Crippen LogP contribution in [0.3, 0.4) is 0 Å². The highest BCUT2D eigenvalue weighted by molar-refractivity contribution is 6.23. The van der Waals surface area contributed by atoms with Crippen molar-refractivity contribution in [3.63, 3.8) is 0 Å². The maximum absolute atomic E-state index is 5.73. The van der Waals surface area contributed by atoms with Crippen molar-refractivity contribution >= 4 is 17.2 Å². The molecule has 0 heterocycles. The molecule has 0 aliphatic carbocycles. The van der Waals surface area contributed by atoms with E-state index in [2.05, 4.69) is 6.58 Å². The lowest BCUT2D eigenvalue weighted by Gasteiger charge is -2.07. The molecule has 2 heteroatoms. The number of para-hydroxylation sites is 1. The molecule has 0 bridgehead atoms. The predicted octanol–water partition coefficient (Wildman–Crippen LogP) is 4.73. The van der Waals surface area contributed by atoms with E-state index in [0.29, 0.717) is 5.88 Å². The van der Waals surface area contributed by atoms with Crippen LogP contribution in [-0.2, 0) is 0 Å². The Kier molecular flexibility index (Phi) is 3.84. The first kappa shape index (κ1) is 11.7. The number of rotatable bonds is 4. The molecule has 0 aromatic heterocycles. The van der Waals surface area contributed by atoms with Crippen LogP contribution < -0.4 is 4.74 Å². The number of hydrogen-bond donors (Lipinski definition) is 0. The second-order valence-corrected chi connectivity index (χ2v) is 3.94. The fourth-order valence-electron chi connectivity index (χ4n) is 1.46. The maximum Gasteiger partial charge on any atom is 0.127 e. The molecular weight excluding hydrogens is 232 g/mol. The van der Waals surface area contributed by atoms with Crippen LogP contribution in [0.25, 0.3) is 5.57 Å². The highest BCUT2D eigenvalue weighted by Gasteiger charge is 1.99. The van der Waals surface area contributed by atoms with E-state index >= 15 is 0 Å². The van der Waals surface area contributed by atoms with Gasteiger partial charge in [0.1, 0.15) is 11.5 Å². The van der Waals surface area contributed by atoms with Crippen LogP contribution in [0, 0.1) is 0 Å². The van der Waals surface area contributed by atoms with Crippen molar-refractivity contribution in [3.05, 3.63) is 66.7 Å². The van der Waals surface area contributed by atoms with E-state index in [9.17, 15) is 0 Å². The summed E-state index contributed by atoms with van der Waals surface area (Å²) in [6.07, 6.45) is 0. The molecule has 0 saturated heterocycles. The molecule has 86 valence electrons. The molecule has 0 aliphatic rings. The van der Waals surface area contributed by atoms with Gasteiger partial charge in [0.2, 0.25) is 0 Å². The Bertz CT molecular complexity index is 488. The minimum atomic E-state index is 0.443. The number of alkyl halides is 1. The first-order chi connectivity index (χ1) is 8.29. The summed E-state index contributed by atoms with van der Waals surface area (Å²) in [5.74, 6) is 2.08. The van der Waals surface area contributed by atoms with Crippen molar-refractivity contribution in [2.24, 2.45) is 0 Å². The number of ether oxygens (including phenoxy) is 1. The van der Waals surface area contributed by atoms with Crippen molar-refractivity contribution < 1.29 is 4.74 Å². The fourth-order valence-corrected chi connectivity index (χ4v) is 1.61. The Morgan fingerprint density at radius 2 is 1.53 bits per heavy atom. The highest BCUT2D eigenvalue weighted by atomic mass is 35.5.